The van der Waals surface area contributed by atoms with Gasteiger partial charge < -0.3 is 9.64 Å². The van der Waals surface area contributed by atoms with E-state index in [0.717, 1.165) is 22.5 Å². The number of hydrogen-bond donors (Lipinski definition) is 0. The van der Waals surface area contributed by atoms with E-state index in [9.17, 15) is 26.4 Å². The van der Waals surface area contributed by atoms with Gasteiger partial charge in [-0.1, -0.05) is 11.6 Å². The first kappa shape index (κ1) is 21.4. The van der Waals surface area contributed by atoms with Gasteiger partial charge in [-0.25, -0.2) is 21.6 Å². The number of benzene rings is 2. The van der Waals surface area contributed by atoms with Crippen LogP contribution in [0.15, 0.2) is 41.3 Å². The molecule has 3 rings (SSSR count). The van der Waals surface area contributed by atoms with E-state index in [1.165, 1.54) is 17.0 Å². The van der Waals surface area contributed by atoms with Gasteiger partial charge in [-0.15, -0.1) is 0 Å². The van der Waals surface area contributed by atoms with Crippen LogP contribution < -0.4 is 4.74 Å². The van der Waals surface area contributed by atoms with E-state index in [1.54, 1.807) is 0 Å². The van der Waals surface area contributed by atoms with Crippen molar-refractivity contribution in [3.63, 3.8) is 0 Å². The fourth-order valence-electron chi connectivity index (χ4n) is 2.79. The summed E-state index contributed by atoms with van der Waals surface area (Å²) in [6.07, 6.45) is 0. The second kappa shape index (κ2) is 8.60. The number of hydrogen-bond acceptors (Lipinski definition) is 4. The highest BCUT2D eigenvalue weighted by atomic mass is 35.5. The molecule has 11 heteroatoms. The predicted octanol–water partition coefficient (Wildman–Crippen LogP) is 2.67. The Kier molecular flexibility index (Phi) is 6.35. The minimum atomic E-state index is -4.23. The average Bonchev–Trinajstić information content (AvgIpc) is 2.70. The summed E-state index contributed by atoms with van der Waals surface area (Å²) in [5.41, 5.74) is 0. The minimum Gasteiger partial charge on any atom is -0.484 e. The Hall–Kier alpha value is -2.30. The van der Waals surface area contributed by atoms with Crippen LogP contribution in [-0.4, -0.2) is 56.3 Å². The molecular formula is C18H16ClF3N2O4S. The molecule has 2 aromatic carbocycles. The molecule has 1 amide bonds. The standard InChI is InChI=1S/C18H16ClF3N2O4S/c19-14-10-13(2-4-15(14)21)28-11-18(25)23-5-7-24(8-6-23)29(26,27)17-9-12(20)1-3-16(17)22/h1-4,9-10H,5-8,11H2. The van der Waals surface area contributed by atoms with Crippen LogP contribution in [0.3, 0.4) is 0 Å². The number of nitrogens with zero attached hydrogens (tertiary/aromatic N) is 2. The van der Waals surface area contributed by atoms with Gasteiger partial charge in [-0.2, -0.15) is 4.31 Å². The van der Waals surface area contributed by atoms with Gasteiger partial charge in [0.2, 0.25) is 10.0 Å². The molecule has 0 aromatic heterocycles. The summed E-state index contributed by atoms with van der Waals surface area (Å²) in [7, 11) is -4.23. The van der Waals surface area contributed by atoms with Gasteiger partial charge in [0.25, 0.3) is 5.91 Å². The van der Waals surface area contributed by atoms with Crippen LogP contribution in [0, 0.1) is 17.5 Å². The van der Waals surface area contributed by atoms with Gasteiger partial charge in [-0.05, 0) is 30.3 Å². The molecular weight excluding hydrogens is 433 g/mol. The lowest BCUT2D eigenvalue weighted by atomic mass is 10.3. The highest BCUT2D eigenvalue weighted by Crippen LogP contribution is 2.23. The van der Waals surface area contributed by atoms with Crippen LogP contribution in [0.1, 0.15) is 0 Å². The van der Waals surface area contributed by atoms with Gasteiger partial charge in [0, 0.05) is 32.2 Å². The number of sulfonamides is 1. The Morgan fingerprint density at radius 2 is 1.66 bits per heavy atom. The summed E-state index contributed by atoms with van der Waals surface area (Å²) in [5.74, 6) is -2.71. The maximum Gasteiger partial charge on any atom is 0.260 e. The molecule has 1 fully saturated rings. The van der Waals surface area contributed by atoms with Crippen molar-refractivity contribution in [1.29, 1.82) is 0 Å². The van der Waals surface area contributed by atoms with Crippen LogP contribution >= 0.6 is 11.6 Å². The Labute approximate surface area is 170 Å². The first-order valence-corrected chi connectivity index (χ1v) is 10.3. The van der Waals surface area contributed by atoms with Crippen LogP contribution in [-0.2, 0) is 14.8 Å². The number of rotatable bonds is 5. The first-order chi connectivity index (χ1) is 13.7. The van der Waals surface area contributed by atoms with Gasteiger partial charge in [0.1, 0.15) is 28.1 Å². The molecule has 0 radical (unpaired) electrons. The first-order valence-electron chi connectivity index (χ1n) is 8.49. The summed E-state index contributed by atoms with van der Waals surface area (Å²) >= 11 is 5.65. The van der Waals surface area contributed by atoms with Crippen LogP contribution in [0.2, 0.25) is 5.02 Å². The van der Waals surface area contributed by atoms with Gasteiger partial charge in [0.05, 0.1) is 5.02 Å². The molecule has 1 saturated heterocycles. The lowest BCUT2D eigenvalue weighted by Crippen LogP contribution is -2.51. The third-order valence-electron chi connectivity index (χ3n) is 4.36. The van der Waals surface area contributed by atoms with E-state index in [0.29, 0.717) is 6.07 Å². The van der Waals surface area contributed by atoms with Crippen molar-refractivity contribution in [3.8, 4) is 5.75 Å². The molecule has 1 aliphatic heterocycles. The summed E-state index contributed by atoms with van der Waals surface area (Å²) in [6.45, 7) is -0.378. The molecule has 6 nitrogen and oxygen atoms in total. The molecule has 2 aromatic rings. The highest BCUT2D eigenvalue weighted by Gasteiger charge is 2.32. The van der Waals surface area contributed by atoms with Crippen molar-refractivity contribution in [2.45, 2.75) is 4.90 Å². The molecule has 1 aliphatic rings. The number of ether oxygens (including phenoxy) is 1. The largest absolute Gasteiger partial charge is 0.484 e. The highest BCUT2D eigenvalue weighted by molar-refractivity contribution is 7.89. The second-order valence-corrected chi connectivity index (χ2v) is 8.54. The van der Waals surface area contributed by atoms with Crippen molar-refractivity contribution >= 4 is 27.5 Å². The summed E-state index contributed by atoms with van der Waals surface area (Å²) in [4.78, 5) is 12.9. The summed E-state index contributed by atoms with van der Waals surface area (Å²) < 4.78 is 71.7. The second-order valence-electron chi connectivity index (χ2n) is 6.22. The monoisotopic (exact) mass is 448 g/mol. The average molecular weight is 449 g/mol. The Morgan fingerprint density at radius 3 is 2.31 bits per heavy atom. The van der Waals surface area contributed by atoms with Crippen LogP contribution in [0.5, 0.6) is 5.75 Å². The van der Waals surface area contributed by atoms with Crippen molar-refractivity contribution in [1.82, 2.24) is 9.21 Å². The molecule has 0 spiro atoms. The maximum atomic E-state index is 13.9. The Morgan fingerprint density at radius 1 is 1.00 bits per heavy atom. The van der Waals surface area contributed by atoms with E-state index in [4.69, 9.17) is 16.3 Å². The van der Waals surface area contributed by atoms with Crippen molar-refractivity contribution < 1.29 is 31.1 Å². The zero-order chi connectivity index (χ0) is 21.2. The quantitative estimate of drug-likeness (QED) is 0.705. The fraction of sp³-hybridized carbons (Fsp3) is 0.278. The number of amides is 1. The zero-order valence-electron chi connectivity index (χ0n) is 14.9. The smallest absolute Gasteiger partial charge is 0.260 e. The molecule has 29 heavy (non-hydrogen) atoms. The topological polar surface area (TPSA) is 66.9 Å². The zero-order valence-corrected chi connectivity index (χ0v) is 16.5. The third kappa shape index (κ3) is 4.82. The van der Waals surface area contributed by atoms with Gasteiger partial charge in [-0.3, -0.25) is 4.79 Å². The van der Waals surface area contributed by atoms with Crippen molar-refractivity contribution in [2.75, 3.05) is 32.8 Å². The van der Waals surface area contributed by atoms with E-state index >= 15 is 0 Å². The number of piperazine rings is 1. The fourth-order valence-corrected chi connectivity index (χ4v) is 4.46. The molecule has 156 valence electrons. The lowest BCUT2D eigenvalue weighted by molar-refractivity contribution is -0.134. The van der Waals surface area contributed by atoms with Crippen LogP contribution in [0.4, 0.5) is 13.2 Å². The molecule has 0 N–H and O–H groups in total. The number of carbonyl (C=O) groups is 1. The van der Waals surface area contributed by atoms with E-state index in [2.05, 4.69) is 0 Å². The van der Waals surface area contributed by atoms with E-state index in [1.807, 2.05) is 0 Å². The number of halogens is 4. The van der Waals surface area contributed by atoms with Crippen molar-refractivity contribution in [3.05, 3.63) is 58.9 Å². The van der Waals surface area contributed by atoms with Crippen LogP contribution in [0.25, 0.3) is 0 Å². The molecule has 0 bridgehead atoms. The van der Waals surface area contributed by atoms with Crippen molar-refractivity contribution in [2.24, 2.45) is 0 Å². The normalized spacial score (nSPS) is 15.4. The molecule has 0 saturated carbocycles. The number of carbonyl (C=O) groups excluding carboxylic acids is 1. The molecule has 0 unspecified atom stereocenters. The Bertz CT molecular complexity index is 1030. The predicted molar refractivity (Wildman–Crippen MR) is 98.6 cm³/mol. The molecule has 0 aliphatic carbocycles. The minimum absolute atomic E-state index is 0.0581. The Balaban J connectivity index is 1.58. The lowest BCUT2D eigenvalue weighted by Gasteiger charge is -2.34. The molecule has 1 heterocycles. The third-order valence-corrected chi connectivity index (χ3v) is 6.56. The molecule has 0 atom stereocenters. The summed E-state index contributed by atoms with van der Waals surface area (Å²) in [5, 5.41) is -0.140. The van der Waals surface area contributed by atoms with Gasteiger partial charge >= 0.3 is 0 Å². The summed E-state index contributed by atoms with van der Waals surface area (Å²) in [6, 6.07) is 5.89. The van der Waals surface area contributed by atoms with Gasteiger partial charge in [0.15, 0.2) is 6.61 Å². The van der Waals surface area contributed by atoms with E-state index < -0.39 is 38.3 Å². The maximum absolute atomic E-state index is 13.9. The van der Waals surface area contributed by atoms with E-state index in [-0.39, 0.29) is 43.6 Å². The SMILES string of the molecule is O=C(COc1ccc(F)c(Cl)c1)N1CCN(S(=O)(=O)c2cc(F)ccc2F)CC1.